The summed E-state index contributed by atoms with van der Waals surface area (Å²) in [7, 11) is -4.12. The van der Waals surface area contributed by atoms with E-state index in [0.717, 1.165) is 34.4 Å². The van der Waals surface area contributed by atoms with Crippen LogP contribution in [0.4, 0.5) is 10.5 Å². The number of hydrogen-bond donors (Lipinski definition) is 0. The largest absolute Gasteiger partial charge is 0.464 e. The molecule has 5 atom stereocenters. The molecule has 10 heteroatoms. The number of carbonyl (C=O) groups excluding carboxylic acids is 3. The Labute approximate surface area is 254 Å². The lowest BCUT2D eigenvalue weighted by Gasteiger charge is -2.43. The average molecular weight is 611 g/mol. The Kier molecular flexibility index (Phi) is 7.47. The number of ether oxygens (including phenoxy) is 2. The van der Waals surface area contributed by atoms with Gasteiger partial charge in [0, 0.05) is 5.41 Å². The van der Waals surface area contributed by atoms with Gasteiger partial charge in [0.05, 0.1) is 29.8 Å². The first-order valence-electron chi connectivity index (χ1n) is 14.9. The lowest BCUT2D eigenvalue weighted by molar-refractivity contribution is -0.150. The van der Waals surface area contributed by atoms with Crippen LogP contribution in [-0.4, -0.2) is 62.0 Å². The van der Waals surface area contributed by atoms with Crippen molar-refractivity contribution in [3.05, 3.63) is 59.2 Å². The lowest BCUT2D eigenvalue weighted by Crippen LogP contribution is -2.54. The van der Waals surface area contributed by atoms with E-state index < -0.39 is 56.4 Å². The first-order valence-corrected chi connectivity index (χ1v) is 16.3. The summed E-state index contributed by atoms with van der Waals surface area (Å²) in [5.41, 5.74) is 0.513. The molecular formula is C33H42N2O7S. The van der Waals surface area contributed by atoms with Crippen molar-refractivity contribution in [3.8, 4) is 0 Å². The molecule has 2 saturated carbocycles. The van der Waals surface area contributed by atoms with Crippen molar-refractivity contribution in [2.24, 2.45) is 16.7 Å². The molecule has 0 aromatic heterocycles. The number of anilines is 1. The number of ketones is 1. The second-order valence-corrected chi connectivity index (χ2v) is 15.0. The van der Waals surface area contributed by atoms with Crippen LogP contribution in [0.2, 0.25) is 0 Å². The molecule has 1 unspecified atom stereocenters. The molecule has 0 radical (unpaired) electrons. The minimum absolute atomic E-state index is 0.0664. The zero-order valence-corrected chi connectivity index (χ0v) is 27.1. The van der Waals surface area contributed by atoms with E-state index in [9.17, 15) is 22.8 Å². The minimum Gasteiger partial charge on any atom is -0.464 e. The molecule has 2 aromatic carbocycles. The van der Waals surface area contributed by atoms with Gasteiger partial charge in [0.15, 0.2) is 5.78 Å². The Hall–Kier alpha value is -3.40. The van der Waals surface area contributed by atoms with Crippen LogP contribution in [-0.2, 0) is 29.1 Å². The topological polar surface area (TPSA) is 110 Å². The van der Waals surface area contributed by atoms with E-state index in [-0.39, 0.29) is 24.0 Å². The fraction of sp³-hybridized carbons (Fsp3) is 0.545. The number of sulfonamides is 1. The maximum absolute atomic E-state index is 14.7. The third kappa shape index (κ3) is 4.47. The van der Waals surface area contributed by atoms with Crippen LogP contribution in [0.5, 0.6) is 0 Å². The summed E-state index contributed by atoms with van der Waals surface area (Å²) in [4.78, 5) is 40.4. The zero-order chi connectivity index (χ0) is 31.7. The number of esters is 1. The Bertz CT molecular complexity index is 1560. The standard InChI is InChI=1S/C33H42N2O7S/c1-9-41-29(37)33(23(5)36)19-34(33)30(38)42-28-27(25-15-16-32(28,8)31(25,6)7)35(26-21(3)17-20(2)18-22(26)4)43(39,40)24-13-11-10-12-14-24/h10-14,17-18,25,27-28H,9,15-16,19H2,1-8H3/t25-,27-,28-,32+,33?,34?/m1/s1. The van der Waals surface area contributed by atoms with E-state index in [0.29, 0.717) is 5.69 Å². The summed E-state index contributed by atoms with van der Waals surface area (Å²) in [6.07, 6.45) is -0.173. The molecule has 1 saturated heterocycles. The monoisotopic (exact) mass is 610 g/mol. The van der Waals surface area contributed by atoms with Crippen molar-refractivity contribution in [3.63, 3.8) is 0 Å². The van der Waals surface area contributed by atoms with E-state index in [1.165, 1.54) is 11.2 Å². The predicted octanol–water partition coefficient (Wildman–Crippen LogP) is 5.34. The number of carbonyl (C=O) groups is 3. The fourth-order valence-corrected chi connectivity index (χ4v) is 9.69. The smallest absolute Gasteiger partial charge is 0.411 e. The highest BCUT2D eigenvalue weighted by Crippen LogP contribution is 2.68. The molecule has 2 aliphatic carbocycles. The van der Waals surface area contributed by atoms with Crippen LogP contribution in [0.25, 0.3) is 0 Å². The summed E-state index contributed by atoms with van der Waals surface area (Å²) < 4.78 is 42.4. The Morgan fingerprint density at radius 1 is 1.02 bits per heavy atom. The number of nitrogens with zero attached hydrogens (tertiary/aromatic N) is 2. The average Bonchev–Trinajstić information content (AvgIpc) is 3.62. The van der Waals surface area contributed by atoms with Crippen LogP contribution in [0, 0.1) is 37.5 Å². The van der Waals surface area contributed by atoms with Crippen LogP contribution >= 0.6 is 0 Å². The molecule has 1 heterocycles. The summed E-state index contributed by atoms with van der Waals surface area (Å²) in [6, 6.07) is 11.5. The SMILES string of the molecule is CCOC(=O)C1(C(C)=O)CN1C(=O)O[C@@H]1[C@H](N(c2c(C)cc(C)cc2C)S(=O)(=O)c2ccccc2)[C@H]2CC[C@]1(C)C2(C)C. The Morgan fingerprint density at radius 2 is 1.63 bits per heavy atom. The van der Waals surface area contributed by atoms with Crippen molar-refractivity contribution in [1.82, 2.24) is 4.90 Å². The molecule has 2 bridgehead atoms. The second-order valence-electron chi connectivity index (χ2n) is 13.2. The maximum atomic E-state index is 14.7. The van der Waals surface area contributed by atoms with Gasteiger partial charge in [-0.1, -0.05) is 56.7 Å². The molecule has 9 nitrogen and oxygen atoms in total. The van der Waals surface area contributed by atoms with Gasteiger partial charge in [-0.2, -0.15) is 0 Å². The number of Topliss-reactive ketones (excluding diaryl/α,β-unsaturated/α-hetero) is 1. The predicted molar refractivity (Wildman–Crippen MR) is 162 cm³/mol. The van der Waals surface area contributed by atoms with E-state index in [4.69, 9.17) is 9.47 Å². The van der Waals surface area contributed by atoms with Crippen molar-refractivity contribution < 1.29 is 32.3 Å². The third-order valence-corrected chi connectivity index (χ3v) is 12.4. The highest BCUT2D eigenvalue weighted by atomic mass is 32.2. The number of rotatable bonds is 8. The van der Waals surface area contributed by atoms with E-state index in [2.05, 4.69) is 20.8 Å². The number of aryl methyl sites for hydroxylation is 3. The van der Waals surface area contributed by atoms with E-state index in [1.807, 2.05) is 32.9 Å². The van der Waals surface area contributed by atoms with Gasteiger partial charge in [0.2, 0.25) is 5.54 Å². The molecule has 0 N–H and O–H groups in total. The highest BCUT2D eigenvalue weighted by molar-refractivity contribution is 7.92. The van der Waals surface area contributed by atoms with Crippen molar-refractivity contribution in [1.29, 1.82) is 0 Å². The maximum Gasteiger partial charge on any atom is 0.411 e. The Balaban J connectivity index is 1.65. The van der Waals surface area contributed by atoms with Crippen LogP contribution in [0.15, 0.2) is 47.4 Å². The van der Waals surface area contributed by atoms with Gasteiger partial charge >= 0.3 is 12.1 Å². The second kappa shape index (κ2) is 10.4. The zero-order valence-electron chi connectivity index (χ0n) is 26.3. The molecular weight excluding hydrogens is 568 g/mol. The van der Waals surface area contributed by atoms with Gasteiger partial charge in [-0.05, 0) is 82.1 Å². The van der Waals surface area contributed by atoms with Gasteiger partial charge in [-0.3, -0.25) is 14.0 Å². The summed E-state index contributed by atoms with van der Waals surface area (Å²) >= 11 is 0. The quantitative estimate of drug-likeness (QED) is 0.225. The first kappa shape index (κ1) is 31.0. The molecule has 232 valence electrons. The molecule has 1 aliphatic heterocycles. The van der Waals surface area contributed by atoms with Crippen molar-refractivity contribution in [2.45, 2.75) is 90.8 Å². The summed E-state index contributed by atoms with van der Waals surface area (Å²) in [5, 5.41) is 0. The molecule has 3 fully saturated rings. The molecule has 43 heavy (non-hydrogen) atoms. The normalized spacial score (nSPS) is 28.8. The summed E-state index contributed by atoms with van der Waals surface area (Å²) in [5.74, 6) is -1.42. The fourth-order valence-electron chi connectivity index (χ4n) is 7.85. The van der Waals surface area contributed by atoms with Gasteiger partial charge in [0.25, 0.3) is 10.0 Å². The van der Waals surface area contributed by atoms with Gasteiger partial charge < -0.3 is 9.47 Å². The van der Waals surface area contributed by atoms with E-state index in [1.54, 1.807) is 37.3 Å². The van der Waals surface area contributed by atoms with Crippen molar-refractivity contribution >= 4 is 33.6 Å². The van der Waals surface area contributed by atoms with Gasteiger partial charge in [-0.15, -0.1) is 0 Å². The van der Waals surface area contributed by atoms with E-state index >= 15 is 0 Å². The third-order valence-electron chi connectivity index (χ3n) is 10.5. The van der Waals surface area contributed by atoms with Gasteiger partial charge in [0.1, 0.15) is 6.10 Å². The number of hydrogen-bond acceptors (Lipinski definition) is 7. The number of fused-ring (bicyclic) bond motifs is 2. The minimum atomic E-state index is -4.12. The highest BCUT2D eigenvalue weighted by Gasteiger charge is 2.72. The molecule has 2 aromatic rings. The Morgan fingerprint density at radius 3 is 2.19 bits per heavy atom. The molecule has 5 rings (SSSR count). The van der Waals surface area contributed by atoms with Gasteiger partial charge in [-0.25, -0.2) is 18.0 Å². The number of benzene rings is 2. The van der Waals surface area contributed by atoms with Crippen LogP contribution in [0.3, 0.4) is 0 Å². The first-order chi connectivity index (χ1) is 20.1. The molecule has 1 amide bonds. The summed E-state index contributed by atoms with van der Waals surface area (Å²) in [6.45, 7) is 14.9. The van der Waals surface area contributed by atoms with Crippen molar-refractivity contribution in [2.75, 3.05) is 17.5 Å². The van der Waals surface area contributed by atoms with Crippen LogP contribution < -0.4 is 4.31 Å². The number of amides is 1. The lowest BCUT2D eigenvalue weighted by atomic mass is 9.70. The molecule has 3 aliphatic rings. The molecule has 0 spiro atoms. The van der Waals surface area contributed by atoms with Crippen LogP contribution in [0.1, 0.15) is 64.2 Å².